The molecule has 7 heteroatoms. The van der Waals surface area contributed by atoms with E-state index in [1.54, 1.807) is 24.3 Å². The molecule has 2 saturated carbocycles. The van der Waals surface area contributed by atoms with Crippen LogP contribution in [0.15, 0.2) is 52.1 Å². The second-order valence-electron chi connectivity index (χ2n) is 9.53. The van der Waals surface area contributed by atoms with Crippen LogP contribution in [-0.2, 0) is 9.63 Å². The number of rotatable bonds is 4. The highest BCUT2D eigenvalue weighted by Gasteiger charge is 2.71. The first-order chi connectivity index (χ1) is 15.0. The molecule has 2 aliphatic carbocycles. The first-order valence-electron chi connectivity index (χ1n) is 10.6. The van der Waals surface area contributed by atoms with Crippen molar-refractivity contribution in [1.29, 1.82) is 0 Å². The third kappa shape index (κ3) is 3.39. The van der Waals surface area contributed by atoms with Gasteiger partial charge in [0.15, 0.2) is 0 Å². The highest BCUT2D eigenvalue weighted by atomic mass is 79.9. The molecule has 1 amide bonds. The number of hydrogen-bond donors (Lipinski definition) is 1. The maximum atomic E-state index is 13.6. The second-order valence-corrected chi connectivity index (χ2v) is 10.8. The van der Waals surface area contributed by atoms with Crippen molar-refractivity contribution < 1.29 is 14.4 Å². The molecule has 2 unspecified atom stereocenters. The van der Waals surface area contributed by atoms with Crippen LogP contribution in [-0.4, -0.2) is 17.6 Å². The quantitative estimate of drug-likeness (QED) is 0.359. The molecule has 2 aromatic rings. The van der Waals surface area contributed by atoms with Crippen molar-refractivity contribution >= 4 is 50.8 Å². The Morgan fingerprint density at radius 3 is 2.53 bits per heavy atom. The van der Waals surface area contributed by atoms with E-state index in [1.165, 1.54) is 0 Å². The third-order valence-corrected chi connectivity index (χ3v) is 9.03. The molecule has 1 N–H and O–H groups in total. The molecule has 0 spiro atoms. The van der Waals surface area contributed by atoms with Gasteiger partial charge in [0.1, 0.15) is 0 Å². The average Bonchev–Trinajstić information content (AvgIpc) is 3.05. The summed E-state index contributed by atoms with van der Waals surface area (Å²) in [7, 11) is 0. The van der Waals surface area contributed by atoms with Crippen molar-refractivity contribution in [1.82, 2.24) is 0 Å². The van der Waals surface area contributed by atoms with Crippen molar-refractivity contribution in [2.45, 2.75) is 47.0 Å². The fourth-order valence-electron chi connectivity index (χ4n) is 5.22. The van der Waals surface area contributed by atoms with Gasteiger partial charge >= 0.3 is 5.97 Å². The van der Waals surface area contributed by atoms with Crippen LogP contribution in [0.5, 0.6) is 0 Å². The Kier molecular flexibility index (Phi) is 5.74. The summed E-state index contributed by atoms with van der Waals surface area (Å²) in [4.78, 5) is 31.5. The number of anilines is 1. The lowest BCUT2D eigenvalue weighted by molar-refractivity contribution is -0.130. The molecule has 0 aromatic heterocycles. The Balaban J connectivity index is 1.60. The summed E-state index contributed by atoms with van der Waals surface area (Å²) in [5.41, 5.74) is 1.45. The fraction of sp³-hybridized carbons (Fsp3) is 0.400. The predicted octanol–water partition coefficient (Wildman–Crippen LogP) is 6.78. The van der Waals surface area contributed by atoms with Gasteiger partial charge in [0.25, 0.3) is 0 Å². The van der Waals surface area contributed by atoms with Gasteiger partial charge < -0.3 is 10.2 Å². The van der Waals surface area contributed by atoms with Gasteiger partial charge in [0.05, 0.1) is 16.7 Å². The van der Waals surface area contributed by atoms with Crippen LogP contribution in [0.1, 0.15) is 56.0 Å². The maximum Gasteiger partial charge on any atom is 0.366 e. The third-order valence-electron chi connectivity index (χ3n) is 7.93. The van der Waals surface area contributed by atoms with E-state index in [0.717, 1.165) is 24.1 Å². The van der Waals surface area contributed by atoms with E-state index < -0.39 is 11.4 Å². The van der Waals surface area contributed by atoms with Crippen LogP contribution in [0.25, 0.3) is 0 Å². The SMILES string of the molecule is Cc1ccc(NC(=O)C23CCC(C)(/C(=N\OC(=O)c4ccccc4Br)C2)C3(C)C)cc1Cl. The highest BCUT2D eigenvalue weighted by molar-refractivity contribution is 9.10. The second kappa shape index (κ2) is 7.99. The number of carbonyl (C=O) groups is 2. The first-order valence-corrected chi connectivity index (χ1v) is 11.8. The zero-order valence-corrected chi connectivity index (χ0v) is 20.9. The molecule has 2 bridgehead atoms. The van der Waals surface area contributed by atoms with Crippen molar-refractivity contribution in [2.24, 2.45) is 21.4 Å². The van der Waals surface area contributed by atoms with Gasteiger partial charge in [-0.25, -0.2) is 4.79 Å². The maximum absolute atomic E-state index is 13.6. The Morgan fingerprint density at radius 1 is 1.12 bits per heavy atom. The zero-order valence-electron chi connectivity index (χ0n) is 18.6. The number of halogens is 2. The van der Waals surface area contributed by atoms with Crippen molar-refractivity contribution in [3.05, 3.63) is 63.1 Å². The molecule has 0 heterocycles. The van der Waals surface area contributed by atoms with Crippen LogP contribution in [0, 0.1) is 23.2 Å². The molecule has 2 aromatic carbocycles. The average molecular weight is 518 g/mol. The highest BCUT2D eigenvalue weighted by Crippen LogP contribution is 2.71. The molecule has 32 heavy (non-hydrogen) atoms. The Hall–Kier alpha value is -2.18. The number of fused-ring (bicyclic) bond motifs is 2. The van der Waals surface area contributed by atoms with E-state index in [4.69, 9.17) is 16.4 Å². The summed E-state index contributed by atoms with van der Waals surface area (Å²) < 4.78 is 0.650. The lowest BCUT2D eigenvalue weighted by Crippen LogP contribution is -2.43. The summed E-state index contributed by atoms with van der Waals surface area (Å²) >= 11 is 9.61. The number of carbonyl (C=O) groups excluding carboxylic acids is 2. The van der Waals surface area contributed by atoms with E-state index in [2.05, 4.69) is 47.2 Å². The molecule has 2 aliphatic rings. The Morgan fingerprint density at radius 2 is 1.84 bits per heavy atom. The number of benzene rings is 2. The Labute approximate surface area is 201 Å². The van der Waals surface area contributed by atoms with E-state index in [-0.39, 0.29) is 16.7 Å². The monoisotopic (exact) mass is 516 g/mol. The number of amides is 1. The summed E-state index contributed by atoms with van der Waals surface area (Å²) in [5.74, 6) is -0.574. The van der Waals surface area contributed by atoms with Gasteiger partial charge in [-0.15, -0.1) is 0 Å². The summed E-state index contributed by atoms with van der Waals surface area (Å²) in [6.07, 6.45) is 2.00. The van der Waals surface area contributed by atoms with Crippen LogP contribution in [0.2, 0.25) is 5.02 Å². The van der Waals surface area contributed by atoms with E-state index in [9.17, 15) is 9.59 Å². The molecule has 0 saturated heterocycles. The van der Waals surface area contributed by atoms with Gasteiger partial charge in [0.2, 0.25) is 5.91 Å². The van der Waals surface area contributed by atoms with Gasteiger partial charge in [-0.1, -0.05) is 55.7 Å². The van der Waals surface area contributed by atoms with Gasteiger partial charge in [0, 0.05) is 27.0 Å². The summed E-state index contributed by atoms with van der Waals surface area (Å²) in [5, 5.41) is 7.98. The van der Waals surface area contributed by atoms with Crippen LogP contribution in [0.4, 0.5) is 5.69 Å². The summed E-state index contributed by atoms with van der Waals surface area (Å²) in [6, 6.07) is 12.6. The van der Waals surface area contributed by atoms with Gasteiger partial charge in [-0.3, -0.25) is 4.79 Å². The lowest BCUT2D eigenvalue weighted by Gasteiger charge is -2.39. The van der Waals surface area contributed by atoms with Crippen molar-refractivity contribution in [3.8, 4) is 0 Å². The van der Waals surface area contributed by atoms with Crippen LogP contribution in [0.3, 0.4) is 0 Å². The van der Waals surface area contributed by atoms with Crippen LogP contribution < -0.4 is 5.32 Å². The van der Waals surface area contributed by atoms with Crippen molar-refractivity contribution in [2.75, 3.05) is 5.32 Å². The topological polar surface area (TPSA) is 67.8 Å². The van der Waals surface area contributed by atoms with E-state index in [1.807, 2.05) is 25.1 Å². The minimum absolute atomic E-state index is 0.0477. The normalized spacial score (nSPS) is 26.9. The molecule has 0 radical (unpaired) electrons. The van der Waals surface area contributed by atoms with Crippen LogP contribution >= 0.6 is 27.5 Å². The number of oxime groups is 1. The molecule has 0 aliphatic heterocycles. The molecule has 4 rings (SSSR count). The number of nitrogens with zero attached hydrogens (tertiary/aromatic N) is 1. The lowest BCUT2D eigenvalue weighted by atomic mass is 9.64. The largest absolute Gasteiger partial charge is 0.366 e. The van der Waals surface area contributed by atoms with Gasteiger partial charge in [-0.2, -0.15) is 0 Å². The molecular weight excluding hydrogens is 492 g/mol. The number of nitrogens with one attached hydrogen (secondary N) is 1. The molecule has 5 nitrogen and oxygen atoms in total. The van der Waals surface area contributed by atoms with Crippen molar-refractivity contribution in [3.63, 3.8) is 0 Å². The van der Waals surface area contributed by atoms with E-state index >= 15 is 0 Å². The minimum Gasteiger partial charge on any atom is -0.326 e. The fourth-order valence-corrected chi connectivity index (χ4v) is 5.84. The standard InChI is InChI=1S/C25H26BrClN2O3/c1-15-9-10-16(13-19(15)27)28-22(31)25-12-11-24(4,23(25,2)3)20(14-25)29-32-21(30)17-7-5-6-8-18(17)26/h5-10,13H,11-12,14H2,1-4H3,(H,28,31)/b29-20-. The molecular formula is C25H26BrClN2O3. The summed E-state index contributed by atoms with van der Waals surface area (Å²) in [6.45, 7) is 8.26. The first kappa shape index (κ1) is 23.0. The molecule has 168 valence electrons. The molecule has 2 fully saturated rings. The van der Waals surface area contributed by atoms with E-state index in [0.29, 0.717) is 27.2 Å². The predicted molar refractivity (Wildman–Crippen MR) is 130 cm³/mol. The Bertz CT molecular complexity index is 1150. The number of aryl methyl sites for hydroxylation is 1. The van der Waals surface area contributed by atoms with Gasteiger partial charge in [-0.05, 0) is 70.9 Å². The molecule has 2 atom stereocenters. The minimum atomic E-state index is -0.641. The zero-order chi connectivity index (χ0) is 23.3. The number of hydrogen-bond acceptors (Lipinski definition) is 4. The smallest absolute Gasteiger partial charge is 0.326 e.